The molecule has 0 aliphatic rings. The summed E-state index contributed by atoms with van der Waals surface area (Å²) >= 11 is 1.18. The van der Waals surface area contributed by atoms with E-state index in [9.17, 15) is 4.79 Å². The van der Waals surface area contributed by atoms with Crippen LogP contribution in [0, 0.1) is 0 Å². The lowest BCUT2D eigenvalue weighted by atomic mass is 9.98. The van der Waals surface area contributed by atoms with Gasteiger partial charge in [-0.3, -0.25) is 4.79 Å². The topological polar surface area (TPSA) is 54.9 Å². The molecule has 4 nitrogen and oxygen atoms in total. The maximum Gasteiger partial charge on any atom is 0.232 e. The minimum atomic E-state index is -0.183. The van der Waals surface area contributed by atoms with Gasteiger partial charge in [-0.25, -0.2) is 0 Å². The number of unbranched alkanes of at least 4 members (excludes halogenated alkanes) is 1. The molecule has 1 unspecified atom stereocenters. The van der Waals surface area contributed by atoms with Crippen LogP contribution in [0.2, 0.25) is 0 Å². The van der Waals surface area contributed by atoms with Crippen molar-refractivity contribution in [3.63, 3.8) is 0 Å². The third-order valence-corrected chi connectivity index (χ3v) is 3.88. The fourth-order valence-electron chi connectivity index (χ4n) is 1.96. The van der Waals surface area contributed by atoms with E-state index in [1.54, 1.807) is 6.20 Å². The Kier molecular flexibility index (Phi) is 5.24. The van der Waals surface area contributed by atoms with E-state index in [-0.39, 0.29) is 11.8 Å². The number of carbonyl (C=O) groups excluding carboxylic acids is 1. The van der Waals surface area contributed by atoms with Crippen LogP contribution in [0.15, 0.2) is 30.5 Å². The highest BCUT2D eigenvalue weighted by molar-refractivity contribution is 7.10. The first-order valence-corrected chi connectivity index (χ1v) is 7.65. The van der Waals surface area contributed by atoms with Crippen molar-refractivity contribution in [3.05, 3.63) is 41.6 Å². The predicted molar refractivity (Wildman–Crippen MR) is 82.0 cm³/mol. The average molecular weight is 289 g/mol. The number of aromatic nitrogens is 2. The molecular weight excluding hydrogens is 270 g/mol. The Hall–Kier alpha value is -1.75. The van der Waals surface area contributed by atoms with Crippen LogP contribution in [0.3, 0.4) is 0 Å². The predicted octanol–water partition coefficient (Wildman–Crippen LogP) is 3.62. The Balaban J connectivity index is 1.97. The summed E-state index contributed by atoms with van der Waals surface area (Å²) in [6, 6.07) is 8.31. The largest absolute Gasteiger partial charge is 0.315 e. The van der Waals surface area contributed by atoms with Crippen LogP contribution in [0.25, 0.3) is 0 Å². The maximum absolute atomic E-state index is 12.1. The summed E-state index contributed by atoms with van der Waals surface area (Å²) in [6.07, 6.45) is 5.06. The van der Waals surface area contributed by atoms with Crippen LogP contribution in [0.1, 0.15) is 43.7 Å². The van der Waals surface area contributed by atoms with Crippen LogP contribution < -0.4 is 5.32 Å². The molecule has 0 saturated heterocycles. The zero-order chi connectivity index (χ0) is 14.4. The highest BCUT2D eigenvalue weighted by Gasteiger charge is 2.15. The van der Waals surface area contributed by atoms with Gasteiger partial charge in [-0.15, -0.1) is 5.10 Å². The molecule has 106 valence electrons. The van der Waals surface area contributed by atoms with Gasteiger partial charge in [0.05, 0.1) is 12.1 Å². The molecule has 1 aromatic heterocycles. The van der Waals surface area contributed by atoms with Gasteiger partial charge in [-0.1, -0.05) is 42.1 Å². The maximum atomic E-state index is 12.1. The summed E-state index contributed by atoms with van der Waals surface area (Å²) in [6.45, 7) is 4.10. The van der Waals surface area contributed by atoms with Gasteiger partial charge in [0.25, 0.3) is 0 Å². The Morgan fingerprint density at radius 3 is 2.70 bits per heavy atom. The number of rotatable bonds is 6. The molecule has 0 saturated carbocycles. The molecule has 1 atom stereocenters. The number of benzene rings is 1. The molecule has 0 bridgehead atoms. The van der Waals surface area contributed by atoms with E-state index in [1.807, 2.05) is 19.1 Å². The number of nitrogens with one attached hydrogen (secondary N) is 1. The molecule has 5 heteroatoms. The third kappa shape index (κ3) is 3.87. The zero-order valence-electron chi connectivity index (χ0n) is 11.8. The second kappa shape index (κ2) is 7.14. The van der Waals surface area contributed by atoms with E-state index in [0.717, 1.165) is 12.0 Å². The Morgan fingerprint density at radius 1 is 1.35 bits per heavy atom. The highest BCUT2D eigenvalue weighted by Crippen LogP contribution is 2.20. The molecule has 20 heavy (non-hydrogen) atoms. The number of hydrogen-bond acceptors (Lipinski definition) is 4. The van der Waals surface area contributed by atoms with Crippen LogP contribution in [0.5, 0.6) is 0 Å². The molecule has 0 radical (unpaired) electrons. The van der Waals surface area contributed by atoms with Gasteiger partial charge in [-0.05, 0) is 30.9 Å². The van der Waals surface area contributed by atoms with Crippen LogP contribution in [-0.2, 0) is 11.2 Å². The molecule has 0 aliphatic heterocycles. The number of nitrogens with zero attached hydrogens (tertiary/aromatic N) is 2. The van der Waals surface area contributed by atoms with Crippen molar-refractivity contribution in [1.82, 2.24) is 9.59 Å². The Morgan fingerprint density at radius 2 is 2.10 bits per heavy atom. The molecule has 1 amide bonds. The Labute approximate surface area is 123 Å². The minimum absolute atomic E-state index is 0.0302. The normalized spacial score (nSPS) is 12.1. The van der Waals surface area contributed by atoms with Crippen LogP contribution in [0.4, 0.5) is 5.00 Å². The van der Waals surface area contributed by atoms with Gasteiger partial charge in [0.2, 0.25) is 5.91 Å². The van der Waals surface area contributed by atoms with E-state index < -0.39 is 0 Å². The summed E-state index contributed by atoms with van der Waals surface area (Å²) in [5, 5.41) is 7.21. The van der Waals surface area contributed by atoms with Crippen molar-refractivity contribution < 1.29 is 4.79 Å². The van der Waals surface area contributed by atoms with Gasteiger partial charge in [0, 0.05) is 11.5 Å². The molecule has 1 aromatic carbocycles. The molecule has 0 spiro atoms. The number of hydrogen-bond donors (Lipinski definition) is 1. The van der Waals surface area contributed by atoms with E-state index in [4.69, 9.17) is 0 Å². The van der Waals surface area contributed by atoms with Crippen molar-refractivity contribution in [2.75, 3.05) is 5.32 Å². The number of carbonyl (C=O) groups is 1. The summed E-state index contributed by atoms with van der Waals surface area (Å²) in [4.78, 5) is 12.1. The first-order chi connectivity index (χ1) is 9.70. The Bertz CT molecular complexity index is 537. The second-order valence-corrected chi connectivity index (χ2v) is 5.62. The van der Waals surface area contributed by atoms with E-state index in [2.05, 4.69) is 34.0 Å². The van der Waals surface area contributed by atoms with Crippen molar-refractivity contribution in [2.45, 2.75) is 39.0 Å². The van der Waals surface area contributed by atoms with E-state index in [0.29, 0.717) is 5.00 Å². The highest BCUT2D eigenvalue weighted by atomic mass is 32.1. The summed E-state index contributed by atoms with van der Waals surface area (Å²) < 4.78 is 3.72. The fourth-order valence-corrected chi connectivity index (χ4v) is 2.38. The van der Waals surface area contributed by atoms with E-state index >= 15 is 0 Å². The van der Waals surface area contributed by atoms with Crippen molar-refractivity contribution in [3.8, 4) is 0 Å². The minimum Gasteiger partial charge on any atom is -0.315 e. The van der Waals surface area contributed by atoms with Gasteiger partial charge >= 0.3 is 0 Å². The standard InChI is InChI=1S/C15H19N3OS/c1-3-4-5-12-6-8-13(9-7-12)11(2)15(19)17-14-10-16-18-20-14/h6-11H,3-5H2,1-2H3,(H,17,19). The monoisotopic (exact) mass is 289 g/mol. The van der Waals surface area contributed by atoms with Gasteiger partial charge in [-0.2, -0.15) is 0 Å². The zero-order valence-corrected chi connectivity index (χ0v) is 12.6. The summed E-state index contributed by atoms with van der Waals surface area (Å²) in [7, 11) is 0. The first kappa shape index (κ1) is 14.7. The number of anilines is 1. The SMILES string of the molecule is CCCCc1ccc(C(C)C(=O)Nc2cnns2)cc1. The molecule has 2 aromatic rings. The number of aryl methyl sites for hydroxylation is 1. The average Bonchev–Trinajstić information content (AvgIpc) is 2.97. The lowest BCUT2D eigenvalue weighted by molar-refractivity contribution is -0.117. The molecule has 0 aliphatic carbocycles. The summed E-state index contributed by atoms with van der Waals surface area (Å²) in [5.41, 5.74) is 2.36. The summed E-state index contributed by atoms with van der Waals surface area (Å²) in [5.74, 6) is -0.213. The lowest BCUT2D eigenvalue weighted by Gasteiger charge is -2.11. The molecule has 2 rings (SSSR count). The third-order valence-electron chi connectivity index (χ3n) is 3.30. The van der Waals surface area contributed by atoms with Gasteiger partial charge < -0.3 is 5.32 Å². The second-order valence-electron chi connectivity index (χ2n) is 4.84. The lowest BCUT2D eigenvalue weighted by Crippen LogP contribution is -2.18. The molecular formula is C15H19N3OS. The van der Waals surface area contributed by atoms with E-state index in [1.165, 1.54) is 29.9 Å². The van der Waals surface area contributed by atoms with Crippen LogP contribution >= 0.6 is 11.5 Å². The number of amides is 1. The fraction of sp³-hybridized carbons (Fsp3) is 0.400. The van der Waals surface area contributed by atoms with Gasteiger partial charge in [0.1, 0.15) is 5.00 Å². The van der Waals surface area contributed by atoms with Crippen molar-refractivity contribution >= 4 is 22.4 Å². The first-order valence-electron chi connectivity index (χ1n) is 6.87. The van der Waals surface area contributed by atoms with Crippen LogP contribution in [-0.4, -0.2) is 15.5 Å². The molecule has 1 N–H and O–H groups in total. The van der Waals surface area contributed by atoms with Crippen molar-refractivity contribution in [1.29, 1.82) is 0 Å². The smallest absolute Gasteiger partial charge is 0.232 e. The van der Waals surface area contributed by atoms with Gasteiger partial charge in [0.15, 0.2) is 0 Å². The van der Waals surface area contributed by atoms with Crippen molar-refractivity contribution in [2.24, 2.45) is 0 Å². The quantitative estimate of drug-likeness (QED) is 0.883. The molecule has 1 heterocycles. The molecule has 0 fully saturated rings.